The smallest absolute Gasteiger partial charge is 0.257 e. The molecule has 1 aliphatic carbocycles. The topological polar surface area (TPSA) is 75.1 Å². The van der Waals surface area contributed by atoms with Gasteiger partial charge >= 0.3 is 0 Å². The number of aromatic nitrogens is 2. The number of carbonyl (C=O) groups is 1. The summed E-state index contributed by atoms with van der Waals surface area (Å²) in [5.74, 6) is 1.31. The van der Waals surface area contributed by atoms with Crippen LogP contribution in [0.1, 0.15) is 77.5 Å². The van der Waals surface area contributed by atoms with E-state index in [9.17, 15) is 9.90 Å². The first-order chi connectivity index (χ1) is 15.1. The molecule has 1 aliphatic rings. The highest BCUT2D eigenvalue weighted by Gasteiger charge is 2.21. The summed E-state index contributed by atoms with van der Waals surface area (Å²) in [5.41, 5.74) is 2.79. The highest BCUT2D eigenvalue weighted by Crippen LogP contribution is 2.37. The lowest BCUT2D eigenvalue weighted by Crippen LogP contribution is -2.14. The van der Waals surface area contributed by atoms with Crippen molar-refractivity contribution >= 4 is 22.4 Å². The number of anilines is 1. The summed E-state index contributed by atoms with van der Waals surface area (Å²) in [6, 6.07) is 17.5. The molecule has 1 amide bonds. The lowest BCUT2D eigenvalue weighted by Gasteiger charge is -2.28. The first-order valence-corrected chi connectivity index (χ1v) is 11.9. The van der Waals surface area contributed by atoms with E-state index in [0.29, 0.717) is 28.0 Å². The van der Waals surface area contributed by atoms with Gasteiger partial charge in [-0.25, -0.2) is 0 Å². The lowest BCUT2D eigenvalue weighted by molar-refractivity contribution is 0.102. The Morgan fingerprint density at radius 2 is 1.77 bits per heavy atom. The maximum absolute atomic E-state index is 12.6. The summed E-state index contributed by atoms with van der Waals surface area (Å²) in [5, 5.41) is 22.5. The van der Waals surface area contributed by atoms with Crippen LogP contribution < -0.4 is 5.32 Å². The van der Waals surface area contributed by atoms with E-state index in [-0.39, 0.29) is 5.91 Å². The van der Waals surface area contributed by atoms with Crippen molar-refractivity contribution in [3.63, 3.8) is 0 Å². The van der Waals surface area contributed by atoms with Crippen LogP contribution in [0.15, 0.2) is 54.6 Å². The summed E-state index contributed by atoms with van der Waals surface area (Å²) in [4.78, 5) is 12.6. The molecular weight excluding hydrogens is 406 g/mol. The number of aliphatic hydroxyl groups excluding tert-OH is 1. The van der Waals surface area contributed by atoms with E-state index in [1.807, 2.05) is 42.5 Å². The van der Waals surface area contributed by atoms with Crippen LogP contribution in [0.25, 0.3) is 0 Å². The van der Waals surface area contributed by atoms with Crippen LogP contribution in [0.4, 0.5) is 5.13 Å². The zero-order valence-corrected chi connectivity index (χ0v) is 18.6. The average molecular weight is 436 g/mol. The summed E-state index contributed by atoms with van der Waals surface area (Å²) in [6.45, 7) is 2.28. The number of nitrogens with zero attached hydrogens (tertiary/aromatic N) is 2. The normalized spacial score (nSPS) is 19.7. The minimum atomic E-state index is -0.641. The van der Waals surface area contributed by atoms with E-state index >= 15 is 0 Å². The number of hydrogen-bond donors (Lipinski definition) is 2. The van der Waals surface area contributed by atoms with Gasteiger partial charge in [0.1, 0.15) is 5.01 Å². The third-order valence-corrected chi connectivity index (χ3v) is 7.17. The number of hydrogen-bond acceptors (Lipinski definition) is 5. The standard InChI is InChI=1S/C25H29N3O2S/c1-2-17-8-10-18(11-9-17)19-12-14-21(15-13-19)24(30)26-25-28-27-23(31-25)16-22(29)20-6-4-3-5-7-20/h3-7,12-15,17-18,22,29H,2,8-11,16H2,1H3,(H,26,28,30). The van der Waals surface area contributed by atoms with Crippen LogP contribution in [0.3, 0.4) is 0 Å². The highest BCUT2D eigenvalue weighted by atomic mass is 32.1. The van der Waals surface area contributed by atoms with Gasteiger partial charge in [0.2, 0.25) is 5.13 Å². The van der Waals surface area contributed by atoms with Gasteiger partial charge in [-0.3, -0.25) is 10.1 Å². The van der Waals surface area contributed by atoms with Crippen LogP contribution in [0.5, 0.6) is 0 Å². The van der Waals surface area contributed by atoms with Gasteiger partial charge in [-0.15, -0.1) is 10.2 Å². The molecule has 31 heavy (non-hydrogen) atoms. The van der Waals surface area contributed by atoms with E-state index in [2.05, 4.69) is 34.6 Å². The molecule has 0 radical (unpaired) electrons. The maximum atomic E-state index is 12.6. The van der Waals surface area contributed by atoms with Crippen LogP contribution in [-0.4, -0.2) is 21.2 Å². The number of rotatable bonds is 7. The molecule has 2 N–H and O–H groups in total. The number of aliphatic hydroxyl groups is 1. The van der Waals surface area contributed by atoms with Crippen molar-refractivity contribution in [2.24, 2.45) is 5.92 Å². The quantitative estimate of drug-likeness (QED) is 0.495. The Hall–Kier alpha value is -2.57. The SMILES string of the molecule is CCC1CCC(c2ccc(C(=O)Nc3nnc(CC(O)c4ccccc4)s3)cc2)CC1. The van der Waals surface area contributed by atoms with Crippen LogP contribution in [0, 0.1) is 5.92 Å². The van der Waals surface area contributed by atoms with Gasteiger partial charge in [0.05, 0.1) is 6.10 Å². The molecule has 1 heterocycles. The molecule has 5 nitrogen and oxygen atoms in total. The first-order valence-electron chi connectivity index (χ1n) is 11.1. The third-order valence-electron chi connectivity index (χ3n) is 6.31. The van der Waals surface area contributed by atoms with E-state index in [1.165, 1.54) is 49.0 Å². The van der Waals surface area contributed by atoms with Gasteiger partial charge < -0.3 is 5.11 Å². The molecule has 1 saturated carbocycles. The van der Waals surface area contributed by atoms with Crippen LogP contribution in [-0.2, 0) is 6.42 Å². The molecule has 0 spiro atoms. The van der Waals surface area contributed by atoms with Gasteiger partial charge in [0, 0.05) is 12.0 Å². The molecule has 162 valence electrons. The number of carbonyl (C=O) groups excluding carboxylic acids is 1. The van der Waals surface area contributed by atoms with Gasteiger partial charge in [-0.2, -0.15) is 0 Å². The largest absolute Gasteiger partial charge is 0.388 e. The van der Waals surface area contributed by atoms with Crippen molar-refractivity contribution in [1.29, 1.82) is 0 Å². The maximum Gasteiger partial charge on any atom is 0.257 e. The summed E-state index contributed by atoms with van der Waals surface area (Å²) >= 11 is 1.29. The lowest BCUT2D eigenvalue weighted by atomic mass is 9.78. The average Bonchev–Trinajstić information content (AvgIpc) is 3.26. The Morgan fingerprint density at radius 3 is 2.45 bits per heavy atom. The highest BCUT2D eigenvalue weighted by molar-refractivity contribution is 7.15. The minimum Gasteiger partial charge on any atom is -0.388 e. The molecule has 3 aromatic rings. The molecule has 1 atom stereocenters. The predicted octanol–water partition coefficient (Wildman–Crippen LogP) is 5.75. The van der Waals surface area contributed by atoms with Crippen LogP contribution >= 0.6 is 11.3 Å². The second-order valence-electron chi connectivity index (χ2n) is 8.33. The number of benzene rings is 2. The van der Waals surface area contributed by atoms with Gasteiger partial charge in [-0.05, 0) is 60.8 Å². The predicted molar refractivity (Wildman–Crippen MR) is 124 cm³/mol. The number of amides is 1. The molecule has 4 rings (SSSR count). The van der Waals surface area contributed by atoms with Gasteiger partial charge in [0.25, 0.3) is 5.91 Å². The first kappa shape index (κ1) is 21.7. The van der Waals surface area contributed by atoms with Crippen molar-refractivity contribution in [3.8, 4) is 0 Å². The van der Waals surface area contributed by atoms with Crippen molar-refractivity contribution in [2.75, 3.05) is 5.32 Å². The van der Waals surface area contributed by atoms with E-state index in [4.69, 9.17) is 0 Å². The molecule has 1 unspecified atom stereocenters. The zero-order chi connectivity index (χ0) is 21.6. The monoisotopic (exact) mass is 435 g/mol. The Morgan fingerprint density at radius 1 is 1.06 bits per heavy atom. The van der Waals surface area contributed by atoms with Gasteiger partial charge in [-0.1, -0.05) is 67.1 Å². The molecule has 2 aromatic carbocycles. The van der Waals surface area contributed by atoms with Crippen molar-refractivity contribution < 1.29 is 9.90 Å². The molecule has 0 aliphatic heterocycles. The number of nitrogens with one attached hydrogen (secondary N) is 1. The van der Waals surface area contributed by atoms with Crippen molar-refractivity contribution in [1.82, 2.24) is 10.2 Å². The second-order valence-corrected chi connectivity index (χ2v) is 9.40. The van der Waals surface area contributed by atoms with Crippen LogP contribution in [0.2, 0.25) is 0 Å². The molecule has 1 fully saturated rings. The van der Waals surface area contributed by atoms with E-state index in [1.54, 1.807) is 0 Å². The van der Waals surface area contributed by atoms with Crippen molar-refractivity contribution in [3.05, 3.63) is 76.3 Å². The Bertz CT molecular complexity index is 980. The third kappa shape index (κ3) is 5.57. The molecule has 1 aromatic heterocycles. The van der Waals surface area contributed by atoms with E-state index < -0.39 is 6.10 Å². The Kier molecular flexibility index (Phi) is 7.10. The molecule has 0 saturated heterocycles. The van der Waals surface area contributed by atoms with Crippen molar-refractivity contribution in [2.45, 2.75) is 57.5 Å². The zero-order valence-electron chi connectivity index (χ0n) is 17.8. The summed E-state index contributed by atoms with van der Waals surface area (Å²) in [7, 11) is 0. The second kappa shape index (κ2) is 10.2. The molecule has 0 bridgehead atoms. The van der Waals surface area contributed by atoms with E-state index in [0.717, 1.165) is 11.5 Å². The molecular formula is C25H29N3O2S. The Labute approximate surface area is 187 Å². The summed E-state index contributed by atoms with van der Waals surface area (Å²) in [6.07, 6.45) is 6.11. The summed E-state index contributed by atoms with van der Waals surface area (Å²) < 4.78 is 0. The fourth-order valence-electron chi connectivity index (χ4n) is 4.33. The fourth-order valence-corrected chi connectivity index (χ4v) is 5.10. The van der Waals surface area contributed by atoms with Gasteiger partial charge in [0.15, 0.2) is 0 Å². The minimum absolute atomic E-state index is 0.187. The fraction of sp³-hybridized carbons (Fsp3) is 0.400. The molecule has 6 heteroatoms. The Balaban J connectivity index is 1.32.